The average Bonchev–Trinajstić information content (AvgIpc) is 2.83. The Morgan fingerprint density at radius 1 is 0.853 bits per heavy atom. The molecule has 0 saturated carbocycles. The van der Waals surface area contributed by atoms with Crippen molar-refractivity contribution in [3.05, 3.63) is 64.2 Å². The molecule has 0 aliphatic carbocycles. The maximum atomic E-state index is 13.7. The predicted molar refractivity (Wildman–Crippen MR) is 110 cm³/mol. The Hall–Kier alpha value is -2.30. The van der Waals surface area contributed by atoms with Gasteiger partial charge in [-0.05, 0) is 37.5 Å². The van der Waals surface area contributed by atoms with Crippen molar-refractivity contribution in [1.29, 1.82) is 0 Å². The lowest BCUT2D eigenvalue weighted by molar-refractivity contribution is -0.239. The molecule has 2 heterocycles. The smallest absolute Gasteiger partial charge is 0.177 e. The zero-order valence-electron chi connectivity index (χ0n) is 18.8. The molecule has 2 saturated heterocycles. The first kappa shape index (κ1) is 26.3. The number of benzene rings is 2. The molecule has 2 unspecified atom stereocenters. The van der Waals surface area contributed by atoms with Crippen LogP contribution in [0.2, 0.25) is 0 Å². The molecule has 188 valence electrons. The number of alkyl halides is 1. The fourth-order valence-electron chi connectivity index (χ4n) is 3.74. The summed E-state index contributed by atoms with van der Waals surface area (Å²) in [5.41, 5.74) is -0.263. The van der Waals surface area contributed by atoms with Crippen LogP contribution >= 0.6 is 0 Å². The fraction of sp³-hybridized carbons (Fsp3) is 0.500. The Morgan fingerprint density at radius 3 is 1.91 bits per heavy atom. The van der Waals surface area contributed by atoms with Gasteiger partial charge in [-0.25, -0.2) is 22.0 Å². The molecule has 0 aromatic heterocycles. The predicted octanol–water partition coefficient (Wildman–Crippen LogP) is 6.45. The minimum atomic E-state index is -1.15. The summed E-state index contributed by atoms with van der Waals surface area (Å²) in [7, 11) is 0. The van der Waals surface area contributed by atoms with E-state index in [9.17, 15) is 26.5 Å². The van der Waals surface area contributed by atoms with Crippen LogP contribution in [0.25, 0.3) is 0 Å². The largest absolute Gasteiger partial charge is 0.373 e. The van der Waals surface area contributed by atoms with Gasteiger partial charge < -0.3 is 14.2 Å². The molecule has 4 rings (SSSR count). The standard InChI is InChI=1S/C17H21F3O3.C7H5F3O/c1-10-7-22-17(23-8-10)11-2-3-16(21-9-11)12-4-14(19)13(6-18)15(20)5-12;1-4-6(8)2-5(11-10)3-7(4)9/h4-5,10-11,16-17H,2-3,6-9H2,1H3;2-3H,1H3. The van der Waals surface area contributed by atoms with E-state index in [4.69, 9.17) is 14.2 Å². The molecule has 10 heteroatoms. The van der Waals surface area contributed by atoms with Crippen LogP contribution in [0.5, 0.6) is 5.75 Å². The maximum absolute atomic E-state index is 13.7. The van der Waals surface area contributed by atoms with Crippen molar-refractivity contribution in [3.63, 3.8) is 0 Å². The molecule has 0 amide bonds. The first-order chi connectivity index (χ1) is 16.2. The van der Waals surface area contributed by atoms with Crippen molar-refractivity contribution in [2.45, 2.75) is 45.8 Å². The van der Waals surface area contributed by atoms with Crippen LogP contribution in [0.3, 0.4) is 0 Å². The van der Waals surface area contributed by atoms with Gasteiger partial charge in [0.25, 0.3) is 0 Å². The number of hydrogen-bond donors (Lipinski definition) is 0. The Labute approximate surface area is 193 Å². The van der Waals surface area contributed by atoms with Gasteiger partial charge in [0.1, 0.15) is 29.9 Å². The van der Waals surface area contributed by atoms with Gasteiger partial charge in [0, 0.05) is 34.1 Å². The van der Waals surface area contributed by atoms with Crippen LogP contribution in [-0.4, -0.2) is 26.1 Å². The van der Waals surface area contributed by atoms with E-state index in [1.807, 2.05) is 0 Å². The van der Waals surface area contributed by atoms with Gasteiger partial charge in [-0.1, -0.05) is 6.92 Å². The molecule has 4 nitrogen and oxygen atoms in total. The van der Waals surface area contributed by atoms with Crippen LogP contribution in [0.15, 0.2) is 24.3 Å². The lowest BCUT2D eigenvalue weighted by atomic mass is 9.93. The first-order valence-electron chi connectivity index (χ1n) is 10.9. The van der Waals surface area contributed by atoms with E-state index in [2.05, 4.69) is 11.9 Å². The Balaban J connectivity index is 0.000000248. The van der Waals surface area contributed by atoms with Gasteiger partial charge in [-0.2, -0.15) is 0 Å². The summed E-state index contributed by atoms with van der Waals surface area (Å²) in [6, 6.07) is 3.88. The van der Waals surface area contributed by atoms with Gasteiger partial charge in [-0.3, -0.25) is 4.94 Å². The second kappa shape index (κ2) is 11.9. The Kier molecular flexibility index (Phi) is 9.21. The SMILES string of the molecule is CC1COC(C2CCC(c3cc(F)c(CF)c(F)c3)OC2)OC1.Cc1c(F)cc(OF)cc1F. The van der Waals surface area contributed by atoms with Crippen molar-refractivity contribution in [3.8, 4) is 5.75 Å². The van der Waals surface area contributed by atoms with E-state index in [0.717, 1.165) is 30.7 Å². The maximum Gasteiger partial charge on any atom is 0.177 e. The summed E-state index contributed by atoms with van der Waals surface area (Å²) in [4.78, 5) is 3.15. The number of rotatable bonds is 4. The molecule has 34 heavy (non-hydrogen) atoms. The molecule has 2 atom stereocenters. The summed E-state index contributed by atoms with van der Waals surface area (Å²) >= 11 is 0. The fourth-order valence-corrected chi connectivity index (χ4v) is 3.74. The third-order valence-electron chi connectivity index (χ3n) is 5.80. The molecule has 2 fully saturated rings. The summed E-state index contributed by atoms with van der Waals surface area (Å²) < 4.78 is 93.5. The highest BCUT2D eigenvalue weighted by Crippen LogP contribution is 2.35. The highest BCUT2D eigenvalue weighted by atomic mass is 19.3. The Morgan fingerprint density at radius 2 is 1.44 bits per heavy atom. The summed E-state index contributed by atoms with van der Waals surface area (Å²) in [5, 5.41) is 0. The molecule has 0 spiro atoms. The van der Waals surface area contributed by atoms with E-state index < -0.39 is 41.3 Å². The van der Waals surface area contributed by atoms with E-state index in [1.54, 1.807) is 0 Å². The van der Waals surface area contributed by atoms with E-state index >= 15 is 0 Å². The molecular formula is C24H26F6O4. The van der Waals surface area contributed by atoms with Crippen molar-refractivity contribution < 1.29 is 45.6 Å². The van der Waals surface area contributed by atoms with Crippen molar-refractivity contribution in [1.82, 2.24) is 0 Å². The lowest BCUT2D eigenvalue weighted by Gasteiger charge is -2.37. The first-order valence-corrected chi connectivity index (χ1v) is 10.9. The van der Waals surface area contributed by atoms with E-state index in [-0.39, 0.29) is 23.9 Å². The van der Waals surface area contributed by atoms with E-state index in [0.29, 0.717) is 37.7 Å². The molecule has 2 aromatic carbocycles. The van der Waals surface area contributed by atoms with Crippen LogP contribution in [0.4, 0.5) is 26.5 Å². The van der Waals surface area contributed by atoms with Crippen LogP contribution in [0.1, 0.15) is 42.6 Å². The second-order valence-corrected chi connectivity index (χ2v) is 8.49. The minimum Gasteiger partial charge on any atom is -0.373 e. The molecule has 0 bridgehead atoms. The third-order valence-corrected chi connectivity index (χ3v) is 5.80. The number of ether oxygens (including phenoxy) is 3. The minimum absolute atomic E-state index is 0.124. The van der Waals surface area contributed by atoms with Crippen LogP contribution in [-0.2, 0) is 20.9 Å². The second-order valence-electron chi connectivity index (χ2n) is 8.49. The normalized spacial score (nSPS) is 24.8. The van der Waals surface area contributed by atoms with Gasteiger partial charge in [-0.15, -0.1) is 0 Å². The molecule has 0 radical (unpaired) electrons. The van der Waals surface area contributed by atoms with Crippen LogP contribution < -0.4 is 4.94 Å². The van der Waals surface area contributed by atoms with Gasteiger partial charge in [0.05, 0.1) is 31.5 Å². The highest BCUT2D eigenvalue weighted by molar-refractivity contribution is 5.29. The van der Waals surface area contributed by atoms with Crippen molar-refractivity contribution >= 4 is 0 Å². The summed E-state index contributed by atoms with van der Waals surface area (Å²) in [6.07, 6.45) is 0.760. The molecule has 2 aromatic rings. The monoisotopic (exact) mass is 492 g/mol. The van der Waals surface area contributed by atoms with Crippen molar-refractivity contribution in [2.75, 3.05) is 19.8 Å². The average molecular weight is 492 g/mol. The highest BCUT2D eigenvalue weighted by Gasteiger charge is 2.33. The van der Waals surface area contributed by atoms with Gasteiger partial charge in [0.15, 0.2) is 12.0 Å². The Bertz CT molecular complexity index is 910. The molecule has 2 aliphatic heterocycles. The van der Waals surface area contributed by atoms with Crippen LogP contribution in [0, 0.1) is 42.0 Å². The topological polar surface area (TPSA) is 36.9 Å². The molecule has 0 N–H and O–H groups in total. The van der Waals surface area contributed by atoms with Crippen molar-refractivity contribution in [2.24, 2.45) is 11.8 Å². The molecular weight excluding hydrogens is 466 g/mol. The number of hydrogen-bond acceptors (Lipinski definition) is 4. The number of halogens is 6. The van der Waals surface area contributed by atoms with Gasteiger partial charge >= 0.3 is 0 Å². The van der Waals surface area contributed by atoms with Gasteiger partial charge in [0.2, 0.25) is 0 Å². The third kappa shape index (κ3) is 6.43. The lowest BCUT2D eigenvalue weighted by Crippen LogP contribution is -2.39. The van der Waals surface area contributed by atoms with E-state index in [1.165, 1.54) is 6.92 Å². The summed E-state index contributed by atoms with van der Waals surface area (Å²) in [5.74, 6) is -3.31. The summed E-state index contributed by atoms with van der Waals surface area (Å²) in [6.45, 7) is 3.93. The molecule has 2 aliphatic rings. The zero-order chi connectivity index (χ0) is 24.8. The zero-order valence-corrected chi connectivity index (χ0v) is 18.8. The quantitative estimate of drug-likeness (QED) is 0.460.